The number of anilines is 1. The van der Waals surface area contributed by atoms with Crippen LogP contribution in [0.1, 0.15) is 99.1 Å². The lowest BCUT2D eigenvalue weighted by atomic mass is 9.93. The summed E-state index contributed by atoms with van der Waals surface area (Å²) >= 11 is 0. The van der Waals surface area contributed by atoms with E-state index in [0.717, 1.165) is 120 Å². The molecule has 430 valence electrons. The molecule has 0 bridgehead atoms. The molecule has 13 rings (SSSR count). The maximum Gasteiger partial charge on any atom is 0.223 e. The fourth-order valence-corrected chi connectivity index (χ4v) is 10.7. The van der Waals surface area contributed by atoms with Crippen LogP contribution in [-0.2, 0) is 51.1 Å². The normalized spacial score (nSPS) is 17.3. The van der Waals surface area contributed by atoms with Crippen LogP contribution in [0.4, 0.5) is 14.7 Å². The van der Waals surface area contributed by atoms with Gasteiger partial charge in [-0.25, -0.2) is 38.7 Å². The fraction of sp³-hybridized carbons (Fsp3) is 0.397. The van der Waals surface area contributed by atoms with Gasteiger partial charge in [0.25, 0.3) is 0 Å². The highest BCUT2D eigenvalue weighted by atomic mass is 32.2. The molecule has 4 aromatic heterocycles. The number of halogens is 2. The summed E-state index contributed by atoms with van der Waals surface area (Å²) in [6.45, 7) is 4.07. The van der Waals surface area contributed by atoms with Gasteiger partial charge in [-0.2, -0.15) is 0 Å². The molecule has 0 spiro atoms. The van der Waals surface area contributed by atoms with E-state index in [4.69, 9.17) is 44.4 Å². The van der Waals surface area contributed by atoms with Crippen molar-refractivity contribution in [2.75, 3.05) is 52.2 Å². The van der Waals surface area contributed by atoms with Gasteiger partial charge in [-0.3, -0.25) is 4.21 Å². The van der Waals surface area contributed by atoms with Gasteiger partial charge in [0.2, 0.25) is 11.1 Å². The van der Waals surface area contributed by atoms with Gasteiger partial charge in [0, 0.05) is 67.9 Å². The molecule has 2 aliphatic carbocycles. The molecule has 16 nitrogen and oxygen atoms in total. The summed E-state index contributed by atoms with van der Waals surface area (Å²) in [5.74, 6) is 3.62. The SMILES string of the molecule is C1CCOC1.COc1ccc(COC[C@@H]2CCc3nc(-c4ccc(F)cc4)c(-c4ccnc(NC5CCC5)n4)n32)cc1.COc1ccc(COC[C@@H]2CCc3nc(-c4ccc(F)cc4)c(-c4ccnc(S(C)=O)n4)n32)cc1.NC1CCC1. The summed E-state index contributed by atoms with van der Waals surface area (Å²) in [5.41, 5.74) is 13.9. The Labute approximate surface area is 480 Å². The maximum absolute atomic E-state index is 13.7. The minimum atomic E-state index is -1.33. The third-order valence-electron chi connectivity index (χ3n) is 15.3. The predicted octanol–water partition coefficient (Wildman–Crippen LogP) is 11.7. The van der Waals surface area contributed by atoms with E-state index < -0.39 is 10.8 Å². The Kier molecular flexibility index (Phi) is 19.9. The van der Waals surface area contributed by atoms with Crippen LogP contribution in [0.3, 0.4) is 0 Å². The molecule has 5 aliphatic rings. The summed E-state index contributed by atoms with van der Waals surface area (Å²) < 4.78 is 71.5. The van der Waals surface area contributed by atoms with Crippen molar-refractivity contribution >= 4 is 16.7 Å². The van der Waals surface area contributed by atoms with Crippen LogP contribution in [-0.4, -0.2) is 102 Å². The Morgan fingerprint density at radius 2 is 1.06 bits per heavy atom. The van der Waals surface area contributed by atoms with E-state index in [1.807, 2.05) is 54.6 Å². The number of ether oxygens (including phenoxy) is 5. The van der Waals surface area contributed by atoms with E-state index in [2.05, 4.69) is 29.4 Å². The molecular weight excluding hydrogens is 1060 g/mol. The Bertz CT molecular complexity index is 3340. The van der Waals surface area contributed by atoms with Gasteiger partial charge in [-0.1, -0.05) is 30.7 Å². The molecule has 19 heteroatoms. The van der Waals surface area contributed by atoms with Gasteiger partial charge in [0.05, 0.1) is 97.7 Å². The number of aromatic nitrogens is 8. The first kappa shape index (κ1) is 57.9. The minimum Gasteiger partial charge on any atom is -0.497 e. The van der Waals surface area contributed by atoms with Gasteiger partial charge in [-0.05, 0) is 154 Å². The van der Waals surface area contributed by atoms with Crippen molar-refractivity contribution < 1.29 is 36.7 Å². The van der Waals surface area contributed by atoms with E-state index in [-0.39, 0.29) is 28.9 Å². The van der Waals surface area contributed by atoms with Gasteiger partial charge in [-0.15, -0.1) is 0 Å². The summed E-state index contributed by atoms with van der Waals surface area (Å²) in [4.78, 5) is 28.0. The molecule has 1 saturated heterocycles. The number of hydrogen-bond donors (Lipinski definition) is 2. The van der Waals surface area contributed by atoms with Crippen LogP contribution in [0.15, 0.2) is 127 Å². The first-order valence-corrected chi connectivity index (χ1v) is 29.9. The Hall–Kier alpha value is -7.29. The topological polar surface area (TPSA) is 188 Å². The summed E-state index contributed by atoms with van der Waals surface area (Å²) in [6, 6.07) is 33.4. The van der Waals surface area contributed by atoms with Crippen LogP contribution in [0.2, 0.25) is 0 Å². The molecule has 8 aromatic rings. The molecule has 82 heavy (non-hydrogen) atoms. The summed E-state index contributed by atoms with van der Waals surface area (Å²) in [6.07, 6.45) is 18.4. The monoisotopic (exact) mass is 1130 g/mol. The van der Waals surface area contributed by atoms with E-state index in [1.165, 1.54) is 62.8 Å². The number of nitrogens with two attached hydrogens (primary N) is 1. The number of methoxy groups -OCH3 is 2. The van der Waals surface area contributed by atoms with E-state index in [1.54, 1.807) is 63.2 Å². The summed E-state index contributed by atoms with van der Waals surface area (Å²) in [5, 5.41) is 3.71. The highest BCUT2D eigenvalue weighted by Gasteiger charge is 2.33. The number of nitrogens with zero attached hydrogens (tertiary/aromatic N) is 8. The van der Waals surface area contributed by atoms with Crippen molar-refractivity contribution in [3.63, 3.8) is 0 Å². The molecule has 3 atom stereocenters. The van der Waals surface area contributed by atoms with Crippen LogP contribution < -0.4 is 20.5 Å². The zero-order valence-electron chi connectivity index (χ0n) is 46.9. The first-order valence-electron chi connectivity index (χ1n) is 28.4. The third kappa shape index (κ3) is 14.7. The quantitative estimate of drug-likeness (QED) is 0.0819. The predicted molar refractivity (Wildman–Crippen MR) is 313 cm³/mol. The second-order valence-electron chi connectivity index (χ2n) is 21.0. The van der Waals surface area contributed by atoms with Crippen molar-refractivity contribution in [3.8, 4) is 56.8 Å². The van der Waals surface area contributed by atoms with Crippen molar-refractivity contribution in [1.29, 1.82) is 0 Å². The molecule has 0 radical (unpaired) electrons. The molecule has 4 aromatic carbocycles. The highest BCUT2D eigenvalue weighted by Crippen LogP contribution is 2.41. The Balaban J connectivity index is 0.000000157. The van der Waals surface area contributed by atoms with Crippen LogP contribution in [0, 0.1) is 11.6 Å². The van der Waals surface area contributed by atoms with Crippen molar-refractivity contribution in [3.05, 3.63) is 156 Å². The molecular formula is C63H72F2N10O6S. The second-order valence-corrected chi connectivity index (χ2v) is 22.3. The molecule has 7 heterocycles. The number of fused-ring (bicyclic) bond motifs is 2. The fourth-order valence-electron chi connectivity index (χ4n) is 10.3. The van der Waals surface area contributed by atoms with E-state index >= 15 is 0 Å². The van der Waals surface area contributed by atoms with Gasteiger partial charge in [0.15, 0.2) is 0 Å². The van der Waals surface area contributed by atoms with Gasteiger partial charge >= 0.3 is 0 Å². The molecule has 3 N–H and O–H groups in total. The summed E-state index contributed by atoms with van der Waals surface area (Å²) in [7, 11) is 1.98. The molecule has 0 amide bonds. The second kappa shape index (κ2) is 28.1. The maximum atomic E-state index is 13.7. The average molecular weight is 1140 g/mol. The average Bonchev–Trinajstić information content (AvgIpc) is 4.04. The van der Waals surface area contributed by atoms with Gasteiger partial charge in [0.1, 0.15) is 34.8 Å². The zero-order chi connectivity index (χ0) is 56.8. The van der Waals surface area contributed by atoms with Crippen molar-refractivity contribution in [2.45, 2.75) is 120 Å². The van der Waals surface area contributed by atoms with Crippen LogP contribution in [0.25, 0.3) is 45.3 Å². The lowest BCUT2D eigenvalue weighted by molar-refractivity contribution is 0.0924. The number of nitrogens with one attached hydrogen (secondary N) is 1. The number of rotatable bonds is 17. The highest BCUT2D eigenvalue weighted by molar-refractivity contribution is 7.84. The lowest BCUT2D eigenvalue weighted by Gasteiger charge is -2.26. The van der Waals surface area contributed by atoms with Crippen LogP contribution in [0.5, 0.6) is 11.5 Å². The minimum absolute atomic E-state index is 0.0606. The molecule has 3 aliphatic heterocycles. The number of hydrogen-bond acceptors (Lipinski definition) is 14. The number of benzene rings is 4. The largest absolute Gasteiger partial charge is 0.497 e. The third-order valence-corrected chi connectivity index (χ3v) is 16.0. The first-order chi connectivity index (χ1) is 40.1. The molecule has 2 saturated carbocycles. The van der Waals surface area contributed by atoms with Crippen molar-refractivity contribution in [2.24, 2.45) is 5.73 Å². The number of aryl methyl sites for hydroxylation is 2. The smallest absolute Gasteiger partial charge is 0.223 e. The Morgan fingerprint density at radius 1 is 0.598 bits per heavy atom. The Morgan fingerprint density at radius 3 is 1.46 bits per heavy atom. The lowest BCUT2D eigenvalue weighted by Crippen LogP contribution is -2.28. The standard InChI is InChI=1S/C29H30FN5O2.C26H25FN4O3S.C4H9N.C4H8O/c1-36-24-12-5-19(6-13-24)17-37-18-23-11-14-26-34-27(20-7-9-21(30)10-8-20)28(35(23)26)25-15-16-31-29(33-25)32-22-3-2-4-22;1-33-21-10-3-17(4-11-21)15-34-16-20-9-12-23-30-24(18-5-7-19(27)8-6-18)25(31(20)23)22-13-14-28-26(29-22)35(2)32;5-4-2-1-3-4;1-2-4-5-3-1/h5-10,12-13,15-16,22-23H,2-4,11,14,17-18H2,1H3,(H,31,32,33);3-8,10-11,13-14,20H,9,12,15-16H2,1-2H3;4H,1-3,5H2;1-4H2/t23-;20-,35?;;/m00../s1. The van der Waals surface area contributed by atoms with E-state index in [9.17, 15) is 13.0 Å². The molecule has 3 fully saturated rings. The van der Waals surface area contributed by atoms with Crippen LogP contribution >= 0.6 is 0 Å². The van der Waals surface area contributed by atoms with E-state index in [0.29, 0.717) is 55.8 Å². The zero-order valence-corrected chi connectivity index (χ0v) is 47.7. The van der Waals surface area contributed by atoms with Gasteiger partial charge < -0.3 is 43.9 Å². The molecule has 1 unspecified atom stereocenters. The number of imidazole rings is 2. The van der Waals surface area contributed by atoms with Crippen molar-refractivity contribution in [1.82, 2.24) is 39.0 Å².